The molecule has 2 amide bonds. The van der Waals surface area contributed by atoms with Crippen molar-refractivity contribution in [1.29, 1.82) is 0 Å². The third-order valence-corrected chi connectivity index (χ3v) is 5.30. The van der Waals surface area contributed by atoms with E-state index in [0.29, 0.717) is 5.69 Å². The lowest BCUT2D eigenvalue weighted by Crippen LogP contribution is -2.38. The number of benzene rings is 2. The molecule has 3 N–H and O–H groups in total. The Labute approximate surface area is 184 Å². The topological polar surface area (TPSA) is 118 Å². The highest BCUT2D eigenvalue weighted by atomic mass is 16.5. The van der Waals surface area contributed by atoms with Gasteiger partial charge in [-0.25, -0.2) is 9.78 Å². The molecule has 0 saturated heterocycles. The number of hydrogen-bond acceptors (Lipinski definition) is 5. The van der Waals surface area contributed by atoms with Crippen LogP contribution in [0.15, 0.2) is 66.9 Å². The predicted octanol–water partition coefficient (Wildman–Crippen LogP) is 3.65. The quantitative estimate of drug-likeness (QED) is 0.548. The first-order valence-electron chi connectivity index (χ1n) is 10.1. The number of aromatic nitrogens is 1. The van der Waals surface area contributed by atoms with Crippen molar-refractivity contribution < 1.29 is 24.2 Å². The van der Waals surface area contributed by atoms with Gasteiger partial charge in [0.25, 0.3) is 5.91 Å². The molecule has 3 aromatic rings. The summed E-state index contributed by atoms with van der Waals surface area (Å²) in [5, 5.41) is 13.8. The van der Waals surface area contributed by atoms with Crippen molar-refractivity contribution in [2.24, 2.45) is 0 Å². The molecule has 1 aliphatic rings. The highest BCUT2D eigenvalue weighted by molar-refractivity contribution is 5.95. The van der Waals surface area contributed by atoms with E-state index < -0.39 is 24.0 Å². The molecule has 32 heavy (non-hydrogen) atoms. The number of hydrogen-bond donors (Lipinski definition) is 3. The normalized spacial score (nSPS) is 12.9. The maximum atomic E-state index is 12.3. The SMILES string of the molecule is CC(NC(=O)c1ccc(NC(=O)OCC2c3ccccc3-c3ccccc32)cn1)C(=O)O. The number of amides is 2. The second-order valence-electron chi connectivity index (χ2n) is 7.42. The third kappa shape index (κ3) is 4.29. The molecule has 0 spiro atoms. The average Bonchev–Trinajstić information content (AvgIpc) is 3.12. The summed E-state index contributed by atoms with van der Waals surface area (Å²) in [7, 11) is 0. The summed E-state index contributed by atoms with van der Waals surface area (Å²) in [6.07, 6.45) is 0.673. The first-order valence-corrected chi connectivity index (χ1v) is 10.1. The first-order chi connectivity index (χ1) is 15.4. The Hall–Kier alpha value is -4.20. The van der Waals surface area contributed by atoms with Gasteiger partial charge in [-0.2, -0.15) is 0 Å². The molecule has 1 aromatic heterocycles. The van der Waals surface area contributed by atoms with Crippen molar-refractivity contribution in [3.05, 3.63) is 83.7 Å². The number of carbonyl (C=O) groups is 3. The first kappa shape index (κ1) is 21.0. The lowest BCUT2D eigenvalue weighted by Gasteiger charge is -2.14. The minimum absolute atomic E-state index is 0.0381. The number of ether oxygens (including phenoxy) is 1. The molecule has 162 valence electrons. The summed E-state index contributed by atoms with van der Waals surface area (Å²) in [4.78, 5) is 39.1. The molecule has 1 unspecified atom stereocenters. The molecule has 4 rings (SSSR count). The van der Waals surface area contributed by atoms with Gasteiger partial charge in [-0.3, -0.25) is 14.9 Å². The number of nitrogens with one attached hydrogen (secondary N) is 2. The Bertz CT molecular complexity index is 1130. The van der Waals surface area contributed by atoms with Crippen molar-refractivity contribution in [1.82, 2.24) is 10.3 Å². The summed E-state index contributed by atoms with van der Waals surface area (Å²) < 4.78 is 5.48. The van der Waals surface area contributed by atoms with Gasteiger partial charge in [0.15, 0.2) is 0 Å². The molecule has 2 aromatic carbocycles. The summed E-state index contributed by atoms with van der Waals surface area (Å²) in [5.74, 6) is -1.81. The highest BCUT2D eigenvalue weighted by Gasteiger charge is 2.29. The monoisotopic (exact) mass is 431 g/mol. The van der Waals surface area contributed by atoms with Gasteiger partial charge in [0, 0.05) is 5.92 Å². The number of fused-ring (bicyclic) bond motifs is 3. The van der Waals surface area contributed by atoms with Gasteiger partial charge in [-0.1, -0.05) is 48.5 Å². The van der Waals surface area contributed by atoms with E-state index in [4.69, 9.17) is 9.84 Å². The van der Waals surface area contributed by atoms with Crippen molar-refractivity contribution in [3.63, 3.8) is 0 Å². The lowest BCUT2D eigenvalue weighted by atomic mass is 9.98. The number of aliphatic carboxylic acids is 1. The Morgan fingerprint density at radius 1 is 1.00 bits per heavy atom. The van der Waals surface area contributed by atoms with E-state index >= 15 is 0 Å². The Kier molecular flexibility index (Phi) is 5.85. The maximum absolute atomic E-state index is 12.3. The number of carboxylic acids is 1. The van der Waals surface area contributed by atoms with Crippen molar-refractivity contribution in [3.8, 4) is 11.1 Å². The summed E-state index contributed by atoms with van der Waals surface area (Å²) >= 11 is 0. The van der Waals surface area contributed by atoms with Gasteiger partial charge in [-0.15, -0.1) is 0 Å². The molecule has 0 aliphatic heterocycles. The molecule has 1 aliphatic carbocycles. The fraction of sp³-hybridized carbons (Fsp3) is 0.167. The molecule has 0 fully saturated rings. The number of anilines is 1. The Morgan fingerprint density at radius 2 is 1.62 bits per heavy atom. The molecule has 0 bridgehead atoms. The van der Waals surface area contributed by atoms with E-state index in [2.05, 4.69) is 27.8 Å². The molecule has 8 nitrogen and oxygen atoms in total. The molecule has 8 heteroatoms. The van der Waals surface area contributed by atoms with E-state index in [-0.39, 0.29) is 18.2 Å². The number of rotatable bonds is 6. The molecule has 1 atom stereocenters. The van der Waals surface area contributed by atoms with E-state index in [9.17, 15) is 14.4 Å². The van der Waals surface area contributed by atoms with Crippen molar-refractivity contribution in [2.45, 2.75) is 18.9 Å². The van der Waals surface area contributed by atoms with Crippen molar-refractivity contribution >= 4 is 23.7 Å². The fourth-order valence-corrected chi connectivity index (χ4v) is 3.69. The van der Waals surface area contributed by atoms with Crippen LogP contribution in [0.2, 0.25) is 0 Å². The Morgan fingerprint density at radius 3 is 2.19 bits per heavy atom. The van der Waals surface area contributed by atoms with E-state index in [1.165, 1.54) is 25.3 Å². The average molecular weight is 431 g/mol. The molecular weight excluding hydrogens is 410 g/mol. The fourth-order valence-electron chi connectivity index (χ4n) is 3.69. The number of nitrogens with zero attached hydrogens (tertiary/aromatic N) is 1. The van der Waals surface area contributed by atoms with Gasteiger partial charge >= 0.3 is 12.1 Å². The molecule has 0 radical (unpaired) electrons. The van der Waals surface area contributed by atoms with Gasteiger partial charge in [0.2, 0.25) is 0 Å². The summed E-state index contributed by atoms with van der Waals surface area (Å²) in [6, 6.07) is 18.0. The van der Waals surface area contributed by atoms with Crippen LogP contribution < -0.4 is 10.6 Å². The van der Waals surface area contributed by atoms with Crippen LogP contribution in [0.1, 0.15) is 34.5 Å². The van der Waals surface area contributed by atoms with Gasteiger partial charge < -0.3 is 15.2 Å². The third-order valence-electron chi connectivity index (χ3n) is 5.30. The van der Waals surface area contributed by atoms with Crippen LogP contribution in [-0.4, -0.2) is 40.7 Å². The second-order valence-corrected chi connectivity index (χ2v) is 7.42. The van der Waals surface area contributed by atoms with Crippen LogP contribution in [0.3, 0.4) is 0 Å². The van der Waals surface area contributed by atoms with Crippen LogP contribution in [0, 0.1) is 0 Å². The van der Waals surface area contributed by atoms with Gasteiger partial charge in [0.05, 0.1) is 11.9 Å². The van der Waals surface area contributed by atoms with Crippen LogP contribution in [-0.2, 0) is 9.53 Å². The van der Waals surface area contributed by atoms with E-state index in [0.717, 1.165) is 22.3 Å². The molecular formula is C24H21N3O5. The van der Waals surface area contributed by atoms with Gasteiger partial charge in [-0.05, 0) is 41.3 Å². The van der Waals surface area contributed by atoms with E-state index in [1.54, 1.807) is 0 Å². The zero-order valence-electron chi connectivity index (χ0n) is 17.2. The zero-order valence-corrected chi connectivity index (χ0v) is 17.2. The van der Waals surface area contributed by atoms with Crippen LogP contribution in [0.4, 0.5) is 10.5 Å². The number of pyridine rings is 1. The lowest BCUT2D eigenvalue weighted by molar-refractivity contribution is -0.138. The number of carboxylic acid groups (broad SMARTS) is 1. The summed E-state index contributed by atoms with van der Waals surface area (Å²) in [6.45, 7) is 1.54. The maximum Gasteiger partial charge on any atom is 0.411 e. The largest absolute Gasteiger partial charge is 0.480 e. The predicted molar refractivity (Wildman–Crippen MR) is 117 cm³/mol. The van der Waals surface area contributed by atoms with Crippen molar-refractivity contribution in [2.75, 3.05) is 11.9 Å². The highest BCUT2D eigenvalue weighted by Crippen LogP contribution is 2.44. The van der Waals surface area contributed by atoms with Crippen LogP contribution in [0.5, 0.6) is 0 Å². The van der Waals surface area contributed by atoms with Crippen LogP contribution >= 0.6 is 0 Å². The minimum atomic E-state index is -1.15. The smallest absolute Gasteiger partial charge is 0.411 e. The number of carbonyl (C=O) groups excluding carboxylic acids is 2. The van der Waals surface area contributed by atoms with Crippen LogP contribution in [0.25, 0.3) is 11.1 Å². The molecule has 1 heterocycles. The zero-order chi connectivity index (χ0) is 22.7. The van der Waals surface area contributed by atoms with Gasteiger partial charge in [0.1, 0.15) is 18.3 Å². The Balaban J connectivity index is 1.37. The summed E-state index contributed by atoms with van der Waals surface area (Å²) in [5.41, 5.74) is 4.92. The minimum Gasteiger partial charge on any atom is -0.480 e. The molecule has 0 saturated carbocycles. The van der Waals surface area contributed by atoms with E-state index in [1.807, 2.05) is 36.4 Å². The second kappa shape index (κ2) is 8.89. The standard InChI is InChI=1S/C24H21N3O5/c1-14(23(29)30)26-22(28)21-11-10-15(12-25-21)27-24(31)32-13-20-18-8-4-2-6-16(18)17-7-3-5-9-19(17)20/h2-12,14,20H,13H2,1H3,(H,26,28)(H,27,31)(H,29,30).